The van der Waals surface area contributed by atoms with Gasteiger partial charge in [-0.3, -0.25) is 4.79 Å². The number of aryl methyl sites for hydroxylation is 3. The fourth-order valence-corrected chi connectivity index (χ4v) is 2.31. The summed E-state index contributed by atoms with van der Waals surface area (Å²) in [5, 5.41) is 7.04. The van der Waals surface area contributed by atoms with Crippen molar-refractivity contribution in [3.63, 3.8) is 0 Å². The van der Waals surface area contributed by atoms with Crippen molar-refractivity contribution in [2.45, 2.75) is 33.4 Å². The summed E-state index contributed by atoms with van der Waals surface area (Å²) in [5.74, 6) is 0.00513. The molecule has 0 aromatic carbocycles. The minimum absolute atomic E-state index is 0.00513. The van der Waals surface area contributed by atoms with Gasteiger partial charge in [0.2, 0.25) is 5.91 Å². The average molecular weight is 267 g/mol. The zero-order valence-electron chi connectivity index (χ0n) is 10.8. The van der Waals surface area contributed by atoms with Crippen LogP contribution in [0.2, 0.25) is 0 Å². The minimum atomic E-state index is 0.00513. The molecule has 2 rings (SSSR count). The molecule has 0 saturated carbocycles. The zero-order chi connectivity index (χ0) is 13.3. The summed E-state index contributed by atoms with van der Waals surface area (Å²) in [5.41, 5.74) is 2.85. The summed E-state index contributed by atoms with van der Waals surface area (Å²) in [6, 6.07) is 0. The van der Waals surface area contributed by atoms with Gasteiger partial charge in [-0.25, -0.2) is 4.68 Å². The van der Waals surface area contributed by atoms with Crippen LogP contribution >= 0.6 is 12.2 Å². The summed E-state index contributed by atoms with van der Waals surface area (Å²) in [4.78, 5) is 14.5. The molecule has 6 nitrogen and oxygen atoms in total. The van der Waals surface area contributed by atoms with Gasteiger partial charge >= 0.3 is 0 Å². The Hall–Kier alpha value is -1.63. The molecule has 2 aromatic heterocycles. The Balaban J connectivity index is 2.45. The molecule has 0 aliphatic carbocycles. The molecular weight excluding hydrogens is 250 g/mol. The van der Waals surface area contributed by atoms with E-state index >= 15 is 0 Å². The lowest BCUT2D eigenvalue weighted by Crippen LogP contribution is -2.19. The van der Waals surface area contributed by atoms with Crippen LogP contribution in [0.5, 0.6) is 0 Å². The average Bonchev–Trinajstić information content (AvgIpc) is 2.84. The van der Waals surface area contributed by atoms with Crippen LogP contribution in [0.15, 0.2) is 0 Å². The fourth-order valence-electron chi connectivity index (χ4n) is 2.03. The second kappa shape index (κ2) is 4.93. The highest BCUT2D eigenvalue weighted by atomic mass is 32.1. The van der Waals surface area contributed by atoms with Gasteiger partial charge in [0, 0.05) is 26.6 Å². The molecule has 2 heterocycles. The number of carbonyl (C=O) groups excluding carboxylic acids is 1. The molecular formula is C11H17N5OS. The van der Waals surface area contributed by atoms with E-state index in [2.05, 4.69) is 15.4 Å². The van der Waals surface area contributed by atoms with Gasteiger partial charge in [0.25, 0.3) is 0 Å². The lowest BCUT2D eigenvalue weighted by atomic mass is 10.4. The molecule has 2 aromatic rings. The Bertz CT molecular complexity index is 636. The molecule has 2 N–H and O–H groups in total. The number of aromatic amines is 1. The van der Waals surface area contributed by atoms with Gasteiger partial charge in [-0.1, -0.05) is 0 Å². The van der Waals surface area contributed by atoms with E-state index in [0.717, 1.165) is 23.4 Å². The van der Waals surface area contributed by atoms with Crippen molar-refractivity contribution < 1.29 is 4.79 Å². The Morgan fingerprint density at radius 2 is 2.28 bits per heavy atom. The van der Waals surface area contributed by atoms with Gasteiger partial charge < -0.3 is 14.9 Å². The van der Waals surface area contributed by atoms with Crippen LogP contribution in [0.4, 0.5) is 0 Å². The molecule has 1 amide bonds. The molecule has 0 saturated heterocycles. The Morgan fingerprint density at radius 3 is 2.89 bits per heavy atom. The fraction of sp³-hybridized carbons (Fsp3) is 0.545. The van der Waals surface area contributed by atoms with Gasteiger partial charge in [0.05, 0.1) is 5.69 Å². The van der Waals surface area contributed by atoms with Crippen LogP contribution in [0.1, 0.15) is 19.0 Å². The van der Waals surface area contributed by atoms with Gasteiger partial charge in [0.15, 0.2) is 10.4 Å². The summed E-state index contributed by atoms with van der Waals surface area (Å²) < 4.78 is 4.47. The first kappa shape index (κ1) is 12.8. The second-order valence-electron chi connectivity index (χ2n) is 4.10. The molecule has 7 heteroatoms. The van der Waals surface area contributed by atoms with Crippen LogP contribution in [0.25, 0.3) is 11.2 Å². The first-order valence-corrected chi connectivity index (χ1v) is 6.35. The van der Waals surface area contributed by atoms with Crippen molar-refractivity contribution in [1.29, 1.82) is 0 Å². The largest absolute Gasteiger partial charge is 0.359 e. The van der Waals surface area contributed by atoms with Gasteiger partial charge in [-0.05, 0) is 26.1 Å². The van der Waals surface area contributed by atoms with Crippen molar-refractivity contribution in [3.05, 3.63) is 10.5 Å². The van der Waals surface area contributed by atoms with Gasteiger partial charge in [-0.15, -0.1) is 0 Å². The number of hydrogen-bond acceptors (Lipinski definition) is 3. The van der Waals surface area contributed by atoms with E-state index in [1.807, 2.05) is 23.1 Å². The van der Waals surface area contributed by atoms with Crippen molar-refractivity contribution >= 4 is 29.3 Å². The monoisotopic (exact) mass is 267 g/mol. The lowest BCUT2D eigenvalue weighted by molar-refractivity contribution is -0.120. The Morgan fingerprint density at radius 1 is 1.56 bits per heavy atom. The number of amides is 1. The summed E-state index contributed by atoms with van der Waals surface area (Å²) in [6.07, 6.45) is 0.408. The molecule has 0 radical (unpaired) electrons. The molecule has 18 heavy (non-hydrogen) atoms. The topological polar surface area (TPSA) is 67.6 Å². The minimum Gasteiger partial charge on any atom is -0.359 e. The third kappa shape index (κ3) is 2.05. The highest BCUT2D eigenvalue weighted by Gasteiger charge is 2.14. The smallest absolute Gasteiger partial charge is 0.221 e. The predicted molar refractivity (Wildman–Crippen MR) is 72.0 cm³/mol. The van der Waals surface area contributed by atoms with Crippen molar-refractivity contribution in [2.24, 2.45) is 0 Å². The normalized spacial score (nSPS) is 11.1. The molecule has 0 fully saturated rings. The Kier molecular flexibility index (Phi) is 3.51. The molecule has 0 bridgehead atoms. The predicted octanol–water partition coefficient (Wildman–Crippen LogP) is 1.36. The van der Waals surface area contributed by atoms with E-state index in [-0.39, 0.29) is 5.91 Å². The van der Waals surface area contributed by atoms with E-state index in [1.165, 1.54) is 0 Å². The highest BCUT2D eigenvalue weighted by Crippen LogP contribution is 2.18. The highest BCUT2D eigenvalue weighted by molar-refractivity contribution is 7.71. The van der Waals surface area contributed by atoms with E-state index < -0.39 is 0 Å². The number of H-pyrrole nitrogens is 1. The number of fused-ring (bicyclic) bond motifs is 1. The van der Waals surface area contributed by atoms with E-state index in [4.69, 9.17) is 12.2 Å². The van der Waals surface area contributed by atoms with Crippen LogP contribution in [-0.2, 0) is 17.9 Å². The molecule has 0 atom stereocenters. The molecule has 0 spiro atoms. The van der Waals surface area contributed by atoms with Crippen LogP contribution < -0.4 is 5.32 Å². The molecule has 0 aliphatic rings. The molecule has 0 aliphatic heterocycles. The lowest BCUT2D eigenvalue weighted by Gasteiger charge is -2.05. The quantitative estimate of drug-likeness (QED) is 0.822. The number of aromatic nitrogens is 4. The van der Waals surface area contributed by atoms with E-state index in [1.54, 1.807) is 7.05 Å². The third-order valence-corrected chi connectivity index (χ3v) is 3.30. The summed E-state index contributed by atoms with van der Waals surface area (Å²) >= 11 is 5.30. The number of imidazole rings is 1. The van der Waals surface area contributed by atoms with E-state index in [9.17, 15) is 4.79 Å². The zero-order valence-corrected chi connectivity index (χ0v) is 11.6. The van der Waals surface area contributed by atoms with Gasteiger partial charge in [0.1, 0.15) is 5.52 Å². The second-order valence-corrected chi connectivity index (χ2v) is 4.49. The maximum Gasteiger partial charge on any atom is 0.221 e. The maximum atomic E-state index is 11.3. The number of hydrogen-bond donors (Lipinski definition) is 2. The first-order chi connectivity index (χ1) is 8.58. The molecule has 98 valence electrons. The number of rotatable bonds is 4. The van der Waals surface area contributed by atoms with Gasteiger partial charge in [-0.2, -0.15) is 5.10 Å². The maximum absolute atomic E-state index is 11.3. The third-order valence-electron chi connectivity index (χ3n) is 2.97. The standard InChI is InChI=1S/C11H17N5OS/c1-4-16-10-9(7(2)14-16)13-11(18)15(10)6-5-8(17)12-3/h4-6H2,1-3H3,(H,12,17)(H,13,18). The van der Waals surface area contributed by atoms with Crippen molar-refractivity contribution in [3.8, 4) is 0 Å². The Labute approximate surface area is 110 Å². The van der Waals surface area contributed by atoms with Crippen LogP contribution in [-0.4, -0.2) is 32.3 Å². The number of carbonyl (C=O) groups is 1. The summed E-state index contributed by atoms with van der Waals surface area (Å²) in [7, 11) is 1.63. The SMILES string of the molecule is CCn1nc(C)c2[nH]c(=S)n(CCC(=O)NC)c21. The number of nitrogens with one attached hydrogen (secondary N) is 2. The van der Waals surface area contributed by atoms with E-state index in [0.29, 0.717) is 17.7 Å². The molecule has 0 unspecified atom stereocenters. The number of nitrogens with zero attached hydrogens (tertiary/aromatic N) is 3. The van der Waals surface area contributed by atoms with Crippen LogP contribution in [0.3, 0.4) is 0 Å². The van der Waals surface area contributed by atoms with Crippen molar-refractivity contribution in [2.75, 3.05) is 7.05 Å². The van der Waals surface area contributed by atoms with Crippen molar-refractivity contribution in [1.82, 2.24) is 24.6 Å². The summed E-state index contributed by atoms with van der Waals surface area (Å²) in [6.45, 7) is 5.31. The van der Waals surface area contributed by atoms with Crippen LogP contribution in [0, 0.1) is 11.7 Å². The first-order valence-electron chi connectivity index (χ1n) is 5.95.